The van der Waals surface area contributed by atoms with Gasteiger partial charge in [-0.05, 0) is 30.3 Å². The maximum Gasteiger partial charge on any atom is 0.255 e. The molecule has 2 aromatic rings. The van der Waals surface area contributed by atoms with Gasteiger partial charge in [-0.15, -0.1) is 0 Å². The van der Waals surface area contributed by atoms with Gasteiger partial charge in [0.2, 0.25) is 6.79 Å². The molecule has 2 aliphatic rings. The molecule has 0 radical (unpaired) electrons. The van der Waals surface area contributed by atoms with Crippen LogP contribution in [0.3, 0.4) is 0 Å². The van der Waals surface area contributed by atoms with E-state index in [2.05, 4.69) is 5.32 Å². The van der Waals surface area contributed by atoms with Crippen LogP contribution in [0.4, 0.5) is 5.69 Å². The zero-order chi connectivity index (χ0) is 15.6. The Morgan fingerprint density at radius 2 is 1.70 bits per heavy atom. The van der Waals surface area contributed by atoms with Crippen LogP contribution in [0, 0.1) is 0 Å². The van der Waals surface area contributed by atoms with Gasteiger partial charge in [0.05, 0.1) is 13.2 Å². The van der Waals surface area contributed by atoms with Gasteiger partial charge in [0, 0.05) is 16.8 Å². The summed E-state index contributed by atoms with van der Waals surface area (Å²) in [7, 11) is 0. The van der Waals surface area contributed by atoms with Gasteiger partial charge in [-0.1, -0.05) is 12.1 Å². The van der Waals surface area contributed by atoms with Crippen molar-refractivity contribution in [1.29, 1.82) is 0 Å². The summed E-state index contributed by atoms with van der Waals surface area (Å²) >= 11 is 0. The summed E-state index contributed by atoms with van der Waals surface area (Å²) in [5.74, 6) is 1.04. The monoisotopic (exact) mass is 313 g/mol. The number of carbonyl (C=O) groups is 1. The third kappa shape index (κ3) is 2.86. The van der Waals surface area contributed by atoms with Crippen molar-refractivity contribution in [2.45, 2.75) is 6.29 Å². The molecule has 0 atom stereocenters. The Morgan fingerprint density at radius 3 is 2.48 bits per heavy atom. The SMILES string of the molecule is O=C(Nc1ccc(C2OCCO2)cc1)c1ccc2c(c1)OCO2. The second-order valence-electron chi connectivity index (χ2n) is 5.22. The predicted octanol–water partition coefficient (Wildman–Crippen LogP) is 2.71. The van der Waals surface area contributed by atoms with Crippen molar-refractivity contribution in [2.24, 2.45) is 0 Å². The van der Waals surface area contributed by atoms with Crippen molar-refractivity contribution in [3.05, 3.63) is 53.6 Å². The van der Waals surface area contributed by atoms with Gasteiger partial charge >= 0.3 is 0 Å². The summed E-state index contributed by atoms with van der Waals surface area (Å²) in [5, 5.41) is 2.85. The zero-order valence-corrected chi connectivity index (χ0v) is 12.3. The lowest BCUT2D eigenvalue weighted by molar-refractivity contribution is -0.0441. The van der Waals surface area contributed by atoms with E-state index < -0.39 is 0 Å². The van der Waals surface area contributed by atoms with Crippen LogP contribution in [-0.2, 0) is 9.47 Å². The molecule has 0 aromatic heterocycles. The summed E-state index contributed by atoms with van der Waals surface area (Å²) in [4.78, 5) is 12.3. The van der Waals surface area contributed by atoms with E-state index in [0.29, 0.717) is 36.0 Å². The minimum Gasteiger partial charge on any atom is -0.454 e. The average Bonchev–Trinajstić information content (AvgIpc) is 3.26. The highest BCUT2D eigenvalue weighted by Crippen LogP contribution is 2.32. The lowest BCUT2D eigenvalue weighted by Crippen LogP contribution is -2.11. The molecule has 0 saturated carbocycles. The van der Waals surface area contributed by atoms with Gasteiger partial charge in [-0.2, -0.15) is 0 Å². The van der Waals surface area contributed by atoms with Crippen molar-refractivity contribution in [3.63, 3.8) is 0 Å². The molecule has 0 aliphatic carbocycles. The maximum atomic E-state index is 12.3. The number of carbonyl (C=O) groups excluding carboxylic acids is 1. The fourth-order valence-electron chi connectivity index (χ4n) is 2.52. The van der Waals surface area contributed by atoms with Crippen LogP contribution < -0.4 is 14.8 Å². The fourth-order valence-corrected chi connectivity index (χ4v) is 2.52. The minimum absolute atomic E-state index is 0.188. The molecule has 1 amide bonds. The number of anilines is 1. The standard InChI is InChI=1S/C17H15NO5/c19-16(12-3-6-14-15(9-12)23-10-22-14)18-13-4-1-11(2-5-13)17-20-7-8-21-17/h1-6,9,17H,7-8,10H2,(H,18,19). The molecule has 4 rings (SSSR count). The Kier molecular flexibility index (Phi) is 3.61. The molecule has 2 heterocycles. The minimum atomic E-state index is -0.311. The maximum absolute atomic E-state index is 12.3. The highest BCUT2D eigenvalue weighted by Gasteiger charge is 2.19. The first-order chi connectivity index (χ1) is 11.3. The molecule has 6 heteroatoms. The molecule has 2 aromatic carbocycles. The molecule has 6 nitrogen and oxygen atoms in total. The van der Waals surface area contributed by atoms with Gasteiger partial charge < -0.3 is 24.3 Å². The Hall–Kier alpha value is -2.57. The van der Waals surface area contributed by atoms with Gasteiger partial charge in [0.25, 0.3) is 5.91 Å². The van der Waals surface area contributed by atoms with Crippen molar-refractivity contribution in [1.82, 2.24) is 0 Å². The van der Waals surface area contributed by atoms with E-state index in [0.717, 1.165) is 5.56 Å². The highest BCUT2D eigenvalue weighted by molar-refractivity contribution is 6.04. The first kappa shape index (κ1) is 14.0. The van der Waals surface area contributed by atoms with Gasteiger partial charge in [-0.3, -0.25) is 4.79 Å². The summed E-state index contributed by atoms with van der Waals surface area (Å²) < 4.78 is 21.4. The Labute approximate surface area is 132 Å². The van der Waals surface area contributed by atoms with Gasteiger partial charge in [0.1, 0.15) is 0 Å². The molecule has 1 fully saturated rings. The molecule has 0 unspecified atom stereocenters. The molecule has 23 heavy (non-hydrogen) atoms. The van der Waals surface area contributed by atoms with Gasteiger partial charge in [-0.25, -0.2) is 0 Å². The van der Waals surface area contributed by atoms with E-state index in [9.17, 15) is 4.79 Å². The number of hydrogen-bond acceptors (Lipinski definition) is 5. The summed E-state index contributed by atoms with van der Waals surface area (Å²) in [6.07, 6.45) is -0.311. The normalized spacial score (nSPS) is 16.5. The number of amides is 1. The Bertz CT molecular complexity index is 722. The first-order valence-corrected chi connectivity index (χ1v) is 7.34. The van der Waals surface area contributed by atoms with E-state index >= 15 is 0 Å². The third-order valence-corrected chi connectivity index (χ3v) is 3.70. The first-order valence-electron chi connectivity index (χ1n) is 7.34. The predicted molar refractivity (Wildman–Crippen MR) is 81.6 cm³/mol. The Morgan fingerprint density at radius 1 is 0.957 bits per heavy atom. The number of fused-ring (bicyclic) bond motifs is 1. The zero-order valence-electron chi connectivity index (χ0n) is 12.3. The highest BCUT2D eigenvalue weighted by atomic mass is 16.7. The summed E-state index contributed by atoms with van der Waals surface area (Å²) in [5.41, 5.74) is 2.15. The van der Waals surface area contributed by atoms with E-state index in [-0.39, 0.29) is 19.0 Å². The van der Waals surface area contributed by atoms with Crippen LogP contribution >= 0.6 is 0 Å². The van der Waals surface area contributed by atoms with Crippen molar-refractivity contribution in [3.8, 4) is 11.5 Å². The van der Waals surface area contributed by atoms with Crippen LogP contribution in [0.5, 0.6) is 11.5 Å². The molecule has 2 aliphatic heterocycles. The summed E-state index contributed by atoms with van der Waals surface area (Å²) in [6, 6.07) is 12.5. The quantitative estimate of drug-likeness (QED) is 0.944. The van der Waals surface area contributed by atoms with E-state index in [1.807, 2.05) is 24.3 Å². The molecule has 118 valence electrons. The number of nitrogens with one attached hydrogen (secondary N) is 1. The molecule has 0 bridgehead atoms. The second kappa shape index (κ2) is 5.91. The molecule has 0 spiro atoms. The van der Waals surface area contributed by atoms with Crippen LogP contribution in [0.2, 0.25) is 0 Å². The average molecular weight is 313 g/mol. The molecule has 1 N–H and O–H groups in total. The van der Waals surface area contributed by atoms with Crippen molar-refractivity contribution >= 4 is 11.6 Å². The topological polar surface area (TPSA) is 66.0 Å². The Balaban J connectivity index is 1.46. The lowest BCUT2D eigenvalue weighted by Gasteiger charge is -2.11. The number of benzene rings is 2. The second-order valence-corrected chi connectivity index (χ2v) is 5.22. The molecule has 1 saturated heterocycles. The van der Waals surface area contributed by atoms with Crippen LogP contribution in [0.25, 0.3) is 0 Å². The fraction of sp³-hybridized carbons (Fsp3) is 0.235. The summed E-state index contributed by atoms with van der Waals surface area (Å²) in [6.45, 7) is 1.40. The smallest absolute Gasteiger partial charge is 0.255 e. The van der Waals surface area contributed by atoms with E-state index in [1.54, 1.807) is 18.2 Å². The van der Waals surface area contributed by atoms with Crippen molar-refractivity contribution < 1.29 is 23.7 Å². The van der Waals surface area contributed by atoms with E-state index in [1.165, 1.54) is 0 Å². The number of rotatable bonds is 3. The molecular formula is C17H15NO5. The van der Waals surface area contributed by atoms with E-state index in [4.69, 9.17) is 18.9 Å². The van der Waals surface area contributed by atoms with Crippen LogP contribution in [0.1, 0.15) is 22.2 Å². The number of hydrogen-bond donors (Lipinski definition) is 1. The van der Waals surface area contributed by atoms with Crippen LogP contribution in [-0.4, -0.2) is 25.9 Å². The lowest BCUT2D eigenvalue weighted by atomic mass is 10.1. The van der Waals surface area contributed by atoms with Crippen molar-refractivity contribution in [2.75, 3.05) is 25.3 Å². The third-order valence-electron chi connectivity index (χ3n) is 3.70. The van der Waals surface area contributed by atoms with Crippen LogP contribution in [0.15, 0.2) is 42.5 Å². The largest absolute Gasteiger partial charge is 0.454 e. The molecular weight excluding hydrogens is 298 g/mol. The van der Waals surface area contributed by atoms with Gasteiger partial charge in [0.15, 0.2) is 17.8 Å². The number of ether oxygens (including phenoxy) is 4.